The van der Waals surface area contributed by atoms with Crippen molar-refractivity contribution in [3.8, 4) is 0 Å². The van der Waals surface area contributed by atoms with Crippen molar-refractivity contribution < 1.29 is 9.59 Å². The molecule has 1 fully saturated rings. The molecule has 3 rings (SSSR count). The Balaban J connectivity index is 1.69. The first-order valence-corrected chi connectivity index (χ1v) is 8.07. The van der Waals surface area contributed by atoms with E-state index in [2.05, 4.69) is 30.5 Å². The Morgan fingerprint density at radius 2 is 1.92 bits per heavy atom. The summed E-state index contributed by atoms with van der Waals surface area (Å²) in [4.78, 5) is 38.5. The molecule has 1 aliphatic heterocycles. The maximum Gasteiger partial charge on any atom is 0.270 e. The van der Waals surface area contributed by atoms with E-state index in [9.17, 15) is 9.59 Å². The maximum absolute atomic E-state index is 12.4. The molecule has 8 nitrogen and oxygen atoms in total. The van der Waals surface area contributed by atoms with Crippen LogP contribution in [0, 0.1) is 5.92 Å². The number of nitrogens with one attached hydrogen (secondary N) is 2. The van der Waals surface area contributed by atoms with E-state index in [1.54, 1.807) is 25.5 Å². The Bertz CT molecular complexity index is 724. The molecule has 2 aromatic rings. The molecule has 130 valence electrons. The number of carbonyl (C=O) groups excluding carboxylic acids is 2. The molecule has 1 saturated heterocycles. The molecule has 8 heteroatoms. The van der Waals surface area contributed by atoms with Crippen LogP contribution >= 0.6 is 0 Å². The quantitative estimate of drug-likeness (QED) is 0.785. The summed E-state index contributed by atoms with van der Waals surface area (Å²) in [5, 5.41) is 5.61. The lowest BCUT2D eigenvalue weighted by Gasteiger charge is -2.18. The average molecular weight is 340 g/mol. The fraction of sp³-hybridized carbons (Fsp3) is 0.353. The van der Waals surface area contributed by atoms with E-state index in [-0.39, 0.29) is 23.8 Å². The van der Waals surface area contributed by atoms with Gasteiger partial charge in [0.25, 0.3) is 5.91 Å². The summed E-state index contributed by atoms with van der Waals surface area (Å²) in [5.74, 6) is -0.685. The lowest BCUT2D eigenvalue weighted by atomic mass is 10.0. The van der Waals surface area contributed by atoms with Crippen molar-refractivity contribution in [1.29, 1.82) is 0 Å². The summed E-state index contributed by atoms with van der Waals surface area (Å²) in [6, 6.07) is 5.17. The number of pyridine rings is 1. The Morgan fingerprint density at radius 3 is 2.60 bits per heavy atom. The van der Waals surface area contributed by atoms with Gasteiger partial charge in [-0.3, -0.25) is 19.5 Å². The molecule has 0 aromatic carbocycles. The van der Waals surface area contributed by atoms with Crippen LogP contribution in [0.25, 0.3) is 0 Å². The number of hydrogen-bond donors (Lipinski definition) is 2. The highest BCUT2D eigenvalue weighted by atomic mass is 16.2. The molecule has 2 N–H and O–H groups in total. The van der Waals surface area contributed by atoms with Crippen molar-refractivity contribution in [2.45, 2.75) is 12.6 Å². The normalized spacial score (nSPS) is 20.2. The smallest absolute Gasteiger partial charge is 0.270 e. The van der Waals surface area contributed by atoms with Crippen molar-refractivity contribution >= 4 is 11.8 Å². The van der Waals surface area contributed by atoms with E-state index in [1.165, 1.54) is 12.5 Å². The number of aromatic nitrogens is 3. The predicted molar refractivity (Wildman–Crippen MR) is 90.4 cm³/mol. The van der Waals surface area contributed by atoms with Gasteiger partial charge < -0.3 is 10.6 Å². The van der Waals surface area contributed by atoms with Gasteiger partial charge in [-0.25, -0.2) is 9.97 Å². The number of likely N-dealkylation sites (tertiary alicyclic amines) is 1. The highest BCUT2D eigenvalue weighted by molar-refractivity contribution is 5.93. The molecule has 0 radical (unpaired) electrons. The van der Waals surface area contributed by atoms with Gasteiger partial charge in [-0.05, 0) is 23.8 Å². The van der Waals surface area contributed by atoms with Crippen LogP contribution in [0.5, 0.6) is 0 Å². The minimum Gasteiger partial charge on any atom is -0.359 e. The first-order chi connectivity index (χ1) is 12.2. The fourth-order valence-electron chi connectivity index (χ4n) is 3.03. The third-order valence-corrected chi connectivity index (χ3v) is 4.27. The minimum atomic E-state index is -0.308. The van der Waals surface area contributed by atoms with Crippen LogP contribution in [0.4, 0.5) is 0 Å². The summed E-state index contributed by atoms with van der Waals surface area (Å²) < 4.78 is 0. The number of rotatable bonds is 5. The molecule has 25 heavy (non-hydrogen) atoms. The van der Waals surface area contributed by atoms with Crippen molar-refractivity contribution in [2.24, 2.45) is 5.92 Å². The second-order valence-electron chi connectivity index (χ2n) is 5.94. The molecule has 1 aliphatic rings. The van der Waals surface area contributed by atoms with Gasteiger partial charge in [0.05, 0.1) is 12.0 Å². The van der Waals surface area contributed by atoms with Gasteiger partial charge in [0.15, 0.2) is 0 Å². The third kappa shape index (κ3) is 4.16. The highest BCUT2D eigenvalue weighted by Gasteiger charge is 2.38. The number of carbonyl (C=O) groups is 2. The first kappa shape index (κ1) is 17.0. The second kappa shape index (κ2) is 7.80. The summed E-state index contributed by atoms with van der Waals surface area (Å²) in [6.45, 7) is 1.88. The van der Waals surface area contributed by atoms with Crippen molar-refractivity contribution in [2.75, 3.05) is 20.1 Å². The SMILES string of the molecule is CNC(=O)[C@H]1CN(Cc2ccncc2)C[C@@H]1NC(=O)c1ccncn1. The standard InChI is InChI=1S/C17H20N6O2/c1-18-16(24)13-9-23(8-12-2-5-19-6-3-12)10-15(13)22-17(25)14-4-7-20-11-21-14/h2-7,11,13,15H,8-10H2,1H3,(H,18,24)(H,22,25)/t13-,15-/m0/s1. The summed E-state index contributed by atoms with van der Waals surface area (Å²) in [5.41, 5.74) is 1.41. The highest BCUT2D eigenvalue weighted by Crippen LogP contribution is 2.20. The molecule has 0 unspecified atom stereocenters. The summed E-state index contributed by atoms with van der Waals surface area (Å²) in [7, 11) is 1.61. The summed E-state index contributed by atoms with van der Waals surface area (Å²) in [6.07, 6.45) is 6.34. The molecule has 0 saturated carbocycles. The van der Waals surface area contributed by atoms with Gasteiger partial charge in [0.2, 0.25) is 5.91 Å². The Hall–Kier alpha value is -2.87. The van der Waals surface area contributed by atoms with Gasteiger partial charge >= 0.3 is 0 Å². The zero-order valence-corrected chi connectivity index (χ0v) is 13.9. The molecule has 0 bridgehead atoms. The van der Waals surface area contributed by atoms with Crippen molar-refractivity contribution in [1.82, 2.24) is 30.5 Å². The molecular formula is C17H20N6O2. The fourth-order valence-corrected chi connectivity index (χ4v) is 3.03. The van der Waals surface area contributed by atoms with Crippen LogP contribution < -0.4 is 10.6 Å². The second-order valence-corrected chi connectivity index (χ2v) is 5.94. The van der Waals surface area contributed by atoms with Gasteiger partial charge in [-0.2, -0.15) is 0 Å². The van der Waals surface area contributed by atoms with E-state index in [0.717, 1.165) is 5.56 Å². The predicted octanol–water partition coefficient (Wildman–Crippen LogP) is -0.152. The van der Waals surface area contributed by atoms with E-state index in [4.69, 9.17) is 0 Å². The molecule has 0 aliphatic carbocycles. The molecular weight excluding hydrogens is 320 g/mol. The number of amides is 2. The average Bonchev–Trinajstić information content (AvgIpc) is 3.04. The summed E-state index contributed by atoms with van der Waals surface area (Å²) >= 11 is 0. The number of nitrogens with zero attached hydrogens (tertiary/aromatic N) is 4. The van der Waals surface area contributed by atoms with E-state index >= 15 is 0 Å². The molecule has 3 heterocycles. The number of hydrogen-bond acceptors (Lipinski definition) is 6. The largest absolute Gasteiger partial charge is 0.359 e. The molecule has 2 atom stereocenters. The molecule has 2 amide bonds. The van der Waals surface area contributed by atoms with Crippen LogP contribution in [0.15, 0.2) is 43.1 Å². The Labute approximate surface area is 145 Å². The monoisotopic (exact) mass is 340 g/mol. The van der Waals surface area contributed by atoms with Gasteiger partial charge in [0, 0.05) is 45.3 Å². The van der Waals surface area contributed by atoms with Crippen LogP contribution in [0.2, 0.25) is 0 Å². The Morgan fingerprint density at radius 1 is 1.16 bits per heavy atom. The van der Waals surface area contributed by atoms with E-state index < -0.39 is 0 Å². The van der Waals surface area contributed by atoms with Crippen LogP contribution in [0.3, 0.4) is 0 Å². The third-order valence-electron chi connectivity index (χ3n) is 4.27. The van der Waals surface area contributed by atoms with Crippen LogP contribution in [0.1, 0.15) is 16.1 Å². The molecule has 0 spiro atoms. The van der Waals surface area contributed by atoms with Crippen LogP contribution in [-0.4, -0.2) is 57.8 Å². The van der Waals surface area contributed by atoms with E-state index in [0.29, 0.717) is 25.3 Å². The van der Waals surface area contributed by atoms with Crippen molar-refractivity contribution in [3.05, 3.63) is 54.4 Å². The first-order valence-electron chi connectivity index (χ1n) is 8.07. The van der Waals surface area contributed by atoms with Gasteiger partial charge in [0.1, 0.15) is 12.0 Å². The Kier molecular flexibility index (Phi) is 5.30. The zero-order valence-electron chi connectivity index (χ0n) is 13.9. The zero-order chi connectivity index (χ0) is 17.6. The van der Waals surface area contributed by atoms with Crippen molar-refractivity contribution in [3.63, 3.8) is 0 Å². The van der Waals surface area contributed by atoms with Gasteiger partial charge in [-0.15, -0.1) is 0 Å². The molecule has 2 aromatic heterocycles. The lowest BCUT2D eigenvalue weighted by molar-refractivity contribution is -0.124. The minimum absolute atomic E-state index is 0.0785. The van der Waals surface area contributed by atoms with Crippen LogP contribution in [-0.2, 0) is 11.3 Å². The van der Waals surface area contributed by atoms with Gasteiger partial charge in [-0.1, -0.05) is 0 Å². The van der Waals surface area contributed by atoms with E-state index in [1.807, 2.05) is 12.1 Å². The maximum atomic E-state index is 12.4. The lowest BCUT2D eigenvalue weighted by Crippen LogP contribution is -2.45. The topological polar surface area (TPSA) is 100 Å².